The molecule has 2 heterocycles. The van der Waals surface area contributed by atoms with Gasteiger partial charge < -0.3 is 10.2 Å². The maximum absolute atomic E-state index is 13.6. The van der Waals surface area contributed by atoms with Gasteiger partial charge in [0.1, 0.15) is 5.82 Å². The largest absolute Gasteiger partial charge is 0.327 e. The van der Waals surface area contributed by atoms with Gasteiger partial charge in [-0.25, -0.2) is 4.98 Å². The maximum Gasteiger partial charge on any atom is 0.257 e. The number of thiazole rings is 1. The van der Waals surface area contributed by atoms with Crippen molar-refractivity contribution in [1.82, 2.24) is 24.8 Å². The van der Waals surface area contributed by atoms with E-state index in [9.17, 15) is 14.5 Å². The average molecular weight is 483 g/mol. The number of aryl methyl sites for hydroxylation is 1. The first-order valence-corrected chi connectivity index (χ1v) is 12.2. The molecule has 0 fully saturated rings. The zero-order valence-corrected chi connectivity index (χ0v) is 20.4. The van der Waals surface area contributed by atoms with Gasteiger partial charge in [-0.05, 0) is 50.1 Å². The molecule has 0 bridgehead atoms. The normalized spacial score (nSPS) is 14.2. The van der Waals surface area contributed by atoms with Crippen LogP contribution < -0.4 is 10.9 Å². The number of nitroso groups, excluding NO2 is 1. The molecular weight excluding hydrogens is 452 g/mol. The fraction of sp³-hybridized carbons (Fsp3) is 0.417. The third-order valence-electron chi connectivity index (χ3n) is 5.80. The second-order valence-corrected chi connectivity index (χ2v) is 8.88. The Morgan fingerprint density at radius 3 is 2.91 bits per heavy atom. The average Bonchev–Trinajstić information content (AvgIpc) is 3.53. The lowest BCUT2D eigenvalue weighted by Gasteiger charge is -2.33. The van der Waals surface area contributed by atoms with Crippen LogP contribution in [0.5, 0.6) is 0 Å². The van der Waals surface area contributed by atoms with Crippen LogP contribution in [0.3, 0.4) is 0 Å². The van der Waals surface area contributed by atoms with Gasteiger partial charge in [0.15, 0.2) is 0 Å². The quantitative estimate of drug-likeness (QED) is 0.283. The van der Waals surface area contributed by atoms with Crippen LogP contribution in [0, 0.1) is 4.91 Å². The van der Waals surface area contributed by atoms with E-state index in [0.717, 1.165) is 41.6 Å². The van der Waals surface area contributed by atoms with Gasteiger partial charge in [-0.2, -0.15) is 0 Å². The fourth-order valence-corrected chi connectivity index (χ4v) is 4.79. The second kappa shape index (κ2) is 12.3. The molecule has 1 unspecified atom stereocenters. The van der Waals surface area contributed by atoms with E-state index in [0.29, 0.717) is 31.9 Å². The summed E-state index contributed by atoms with van der Waals surface area (Å²) in [6, 6.07) is -0.446. The van der Waals surface area contributed by atoms with E-state index in [1.807, 2.05) is 14.0 Å². The number of hydrogen-bond donors (Lipinski definition) is 1. The van der Waals surface area contributed by atoms with Crippen molar-refractivity contribution in [1.29, 1.82) is 0 Å². The van der Waals surface area contributed by atoms with Crippen molar-refractivity contribution < 1.29 is 4.79 Å². The SMILES string of the molecule is C=C/C=C(\C=C/N=O)C(=O)N(CCNC)C(CC)c1nc2c(c(=O)n1Cc1cncs1)CCC2. The monoisotopic (exact) mass is 482 g/mol. The highest BCUT2D eigenvalue weighted by atomic mass is 32.1. The lowest BCUT2D eigenvalue weighted by Crippen LogP contribution is -2.42. The Bertz CT molecular complexity index is 1140. The van der Waals surface area contributed by atoms with Crippen LogP contribution in [-0.2, 0) is 24.2 Å². The number of carbonyl (C=O) groups excluding carboxylic acids is 1. The Morgan fingerprint density at radius 1 is 1.44 bits per heavy atom. The van der Waals surface area contributed by atoms with Crippen LogP contribution in [0.15, 0.2) is 58.3 Å². The first-order chi connectivity index (χ1) is 16.5. The predicted molar refractivity (Wildman–Crippen MR) is 134 cm³/mol. The molecule has 0 spiro atoms. The minimum atomic E-state index is -0.446. The first-order valence-electron chi connectivity index (χ1n) is 11.3. The summed E-state index contributed by atoms with van der Waals surface area (Å²) < 4.78 is 1.70. The molecule has 1 aliphatic rings. The Kier molecular flexibility index (Phi) is 9.17. The molecule has 1 amide bonds. The fourth-order valence-electron chi connectivity index (χ4n) is 4.21. The van der Waals surface area contributed by atoms with Gasteiger partial charge in [0, 0.05) is 35.3 Å². The molecule has 1 N–H and O–H groups in total. The molecule has 0 saturated carbocycles. The Balaban J connectivity index is 2.13. The Labute approximate surface area is 202 Å². The van der Waals surface area contributed by atoms with Gasteiger partial charge in [-0.3, -0.25) is 19.1 Å². The number of nitrogens with zero attached hydrogens (tertiary/aromatic N) is 5. The summed E-state index contributed by atoms with van der Waals surface area (Å²) in [5.41, 5.74) is 3.56. The first kappa shape index (κ1) is 25.4. The molecule has 2 aromatic rings. The van der Waals surface area contributed by atoms with Crippen LogP contribution in [0.4, 0.5) is 0 Å². The van der Waals surface area contributed by atoms with E-state index in [1.165, 1.54) is 23.5 Å². The molecule has 9 nitrogen and oxygen atoms in total. The molecule has 10 heteroatoms. The predicted octanol–water partition coefficient (Wildman–Crippen LogP) is 3.13. The number of carbonyl (C=O) groups is 1. The van der Waals surface area contributed by atoms with Gasteiger partial charge in [0.2, 0.25) is 0 Å². The van der Waals surface area contributed by atoms with Crippen LogP contribution in [0.1, 0.15) is 47.8 Å². The van der Waals surface area contributed by atoms with Gasteiger partial charge in [-0.1, -0.05) is 19.6 Å². The second-order valence-electron chi connectivity index (χ2n) is 7.91. The van der Waals surface area contributed by atoms with Crippen LogP contribution in [0.2, 0.25) is 0 Å². The van der Waals surface area contributed by atoms with E-state index < -0.39 is 6.04 Å². The van der Waals surface area contributed by atoms with Crippen molar-refractivity contribution in [3.05, 3.63) is 85.5 Å². The van der Waals surface area contributed by atoms with E-state index in [1.54, 1.807) is 27.3 Å². The van der Waals surface area contributed by atoms with E-state index in [2.05, 4.69) is 22.1 Å². The maximum atomic E-state index is 13.6. The van der Waals surface area contributed by atoms with Crippen molar-refractivity contribution in [2.45, 2.75) is 45.2 Å². The third-order valence-corrected chi connectivity index (χ3v) is 6.56. The van der Waals surface area contributed by atoms with Crippen molar-refractivity contribution in [3.63, 3.8) is 0 Å². The van der Waals surface area contributed by atoms with Crippen molar-refractivity contribution in [2.75, 3.05) is 20.1 Å². The number of hydrogen-bond acceptors (Lipinski definition) is 8. The van der Waals surface area contributed by atoms with Crippen molar-refractivity contribution >= 4 is 17.2 Å². The number of allylic oxidation sites excluding steroid dienone is 2. The van der Waals surface area contributed by atoms with Crippen LogP contribution >= 0.6 is 11.3 Å². The zero-order valence-electron chi connectivity index (χ0n) is 19.6. The highest BCUT2D eigenvalue weighted by Crippen LogP contribution is 2.27. The van der Waals surface area contributed by atoms with Crippen LogP contribution in [-0.4, -0.2) is 45.5 Å². The molecule has 180 valence electrons. The Morgan fingerprint density at radius 2 is 2.26 bits per heavy atom. The Hall–Kier alpha value is -3.24. The molecule has 1 aliphatic carbocycles. The van der Waals surface area contributed by atoms with E-state index in [4.69, 9.17) is 4.98 Å². The summed E-state index contributed by atoms with van der Waals surface area (Å²) >= 11 is 1.48. The van der Waals surface area contributed by atoms with Gasteiger partial charge in [0.05, 0.1) is 30.0 Å². The standard InChI is InChI=1S/C24H30N6O3S/c1-4-7-17(10-11-27-33)23(31)29(13-12-25-3)21(5-2)22-28-20-9-6-8-19(20)24(32)30(22)15-18-14-26-16-34-18/h4,7,10-11,14,16,21,25H,1,5-6,8-9,12-13,15H2,2-3H3/b11-10-,17-7+. The smallest absolute Gasteiger partial charge is 0.257 e. The summed E-state index contributed by atoms with van der Waals surface area (Å²) in [5, 5.41) is 5.83. The molecular formula is C24H30N6O3S. The van der Waals surface area contributed by atoms with Crippen LogP contribution in [0.25, 0.3) is 0 Å². The molecule has 0 aromatic carbocycles. The van der Waals surface area contributed by atoms with Gasteiger partial charge in [-0.15, -0.1) is 16.2 Å². The molecule has 0 radical (unpaired) electrons. The lowest BCUT2D eigenvalue weighted by atomic mass is 10.1. The minimum absolute atomic E-state index is 0.0442. The number of fused-ring (bicyclic) bond motifs is 1. The highest BCUT2D eigenvalue weighted by Gasteiger charge is 2.31. The zero-order chi connectivity index (χ0) is 24.5. The number of amides is 1. The molecule has 3 rings (SSSR count). The molecule has 2 aromatic heterocycles. The van der Waals surface area contributed by atoms with Gasteiger partial charge >= 0.3 is 0 Å². The minimum Gasteiger partial charge on any atom is -0.327 e. The third kappa shape index (κ3) is 5.63. The van der Waals surface area contributed by atoms with Gasteiger partial charge in [0.25, 0.3) is 11.5 Å². The number of rotatable bonds is 12. The van der Waals surface area contributed by atoms with E-state index >= 15 is 0 Å². The molecule has 1 atom stereocenters. The summed E-state index contributed by atoms with van der Waals surface area (Å²) in [4.78, 5) is 49.5. The number of nitrogens with one attached hydrogen (secondary N) is 1. The molecule has 34 heavy (non-hydrogen) atoms. The molecule has 0 aliphatic heterocycles. The van der Waals surface area contributed by atoms with Crippen molar-refractivity contribution in [2.24, 2.45) is 5.18 Å². The highest BCUT2D eigenvalue weighted by molar-refractivity contribution is 7.09. The summed E-state index contributed by atoms with van der Waals surface area (Å²) in [5.74, 6) is 0.280. The van der Waals surface area contributed by atoms with Crippen molar-refractivity contribution in [3.8, 4) is 0 Å². The molecule has 0 saturated heterocycles. The lowest BCUT2D eigenvalue weighted by molar-refractivity contribution is -0.129. The number of aromatic nitrogens is 3. The number of likely N-dealkylation sites (N-methyl/N-ethyl adjacent to an activating group) is 1. The topological polar surface area (TPSA) is 110 Å². The summed E-state index contributed by atoms with van der Waals surface area (Å²) in [6.45, 7) is 6.94. The van der Waals surface area contributed by atoms with E-state index in [-0.39, 0.29) is 17.0 Å². The summed E-state index contributed by atoms with van der Waals surface area (Å²) in [7, 11) is 1.81. The summed E-state index contributed by atoms with van der Waals surface area (Å²) in [6.07, 6.45) is 10.1.